The molecular weight excluding hydrogens is 310 g/mol. The fourth-order valence-corrected chi connectivity index (χ4v) is 2.94. The molecule has 25 heavy (non-hydrogen) atoms. The van der Waals surface area contributed by atoms with Crippen molar-refractivity contribution in [2.75, 3.05) is 0 Å². The van der Waals surface area contributed by atoms with E-state index in [1.54, 1.807) is 0 Å². The van der Waals surface area contributed by atoms with E-state index in [2.05, 4.69) is 14.9 Å². The molecule has 1 heterocycles. The average Bonchev–Trinajstić information content (AvgIpc) is 3.16. The van der Waals surface area contributed by atoms with Gasteiger partial charge in [0.05, 0.1) is 6.33 Å². The number of rotatable bonds is 13. The number of hydrogen-bond donors (Lipinski definition) is 1. The summed E-state index contributed by atoms with van der Waals surface area (Å²) in [5.74, 6) is 0.170. The molecule has 0 aliphatic heterocycles. The normalized spacial score (nSPS) is 10.7. The quantitative estimate of drug-likeness (QED) is 0.536. The van der Waals surface area contributed by atoms with E-state index in [4.69, 9.17) is 0 Å². The smallest absolute Gasteiger partial charge is 0.220 e. The molecule has 0 unspecified atom stereocenters. The van der Waals surface area contributed by atoms with Gasteiger partial charge in [0.1, 0.15) is 0 Å². The first kappa shape index (κ1) is 19.2. The predicted molar refractivity (Wildman–Crippen MR) is 102 cm³/mol. The molecule has 0 spiro atoms. The van der Waals surface area contributed by atoms with E-state index < -0.39 is 0 Å². The summed E-state index contributed by atoms with van der Waals surface area (Å²) in [5.41, 5.74) is 1.16. The van der Waals surface area contributed by atoms with Gasteiger partial charge in [0, 0.05) is 31.9 Å². The molecule has 0 saturated carbocycles. The minimum Gasteiger partial charge on any atom is -0.352 e. The number of carbonyl (C=O) groups is 1. The van der Waals surface area contributed by atoms with Crippen LogP contribution >= 0.6 is 0 Å². The first-order chi connectivity index (χ1) is 12.3. The second-order valence-corrected chi connectivity index (χ2v) is 6.64. The molecule has 0 radical (unpaired) electrons. The van der Waals surface area contributed by atoms with Crippen LogP contribution in [0.3, 0.4) is 0 Å². The third kappa shape index (κ3) is 9.08. The van der Waals surface area contributed by atoms with Gasteiger partial charge in [0.25, 0.3) is 0 Å². The van der Waals surface area contributed by atoms with Crippen LogP contribution < -0.4 is 5.32 Å². The van der Waals surface area contributed by atoms with Crippen molar-refractivity contribution in [1.29, 1.82) is 0 Å². The van der Waals surface area contributed by atoms with Gasteiger partial charge >= 0.3 is 0 Å². The summed E-state index contributed by atoms with van der Waals surface area (Å²) in [5, 5.41) is 2.99. The van der Waals surface area contributed by atoms with Crippen molar-refractivity contribution in [3.05, 3.63) is 54.6 Å². The minimum atomic E-state index is 0.170. The van der Waals surface area contributed by atoms with Crippen LogP contribution in [0.2, 0.25) is 0 Å². The van der Waals surface area contributed by atoms with Gasteiger partial charge in [-0.25, -0.2) is 4.98 Å². The van der Waals surface area contributed by atoms with Crippen LogP contribution in [0.25, 0.3) is 0 Å². The molecule has 0 bridgehead atoms. The van der Waals surface area contributed by atoms with Crippen LogP contribution in [0, 0.1) is 0 Å². The van der Waals surface area contributed by atoms with Crippen molar-refractivity contribution in [1.82, 2.24) is 14.9 Å². The van der Waals surface area contributed by atoms with Gasteiger partial charge in [-0.2, -0.15) is 0 Å². The molecule has 4 heteroatoms. The van der Waals surface area contributed by atoms with E-state index in [1.807, 2.05) is 49.1 Å². The van der Waals surface area contributed by atoms with E-state index in [0.29, 0.717) is 13.0 Å². The van der Waals surface area contributed by atoms with Crippen LogP contribution in [0.15, 0.2) is 49.1 Å². The first-order valence-corrected chi connectivity index (χ1v) is 9.61. The van der Waals surface area contributed by atoms with E-state index >= 15 is 0 Å². The van der Waals surface area contributed by atoms with Gasteiger partial charge in [-0.3, -0.25) is 4.79 Å². The molecule has 136 valence electrons. The molecule has 0 saturated heterocycles. The lowest BCUT2D eigenvalue weighted by Gasteiger charge is -2.06. The summed E-state index contributed by atoms with van der Waals surface area (Å²) in [7, 11) is 0. The SMILES string of the molecule is O=C(CCCCCCCCCCn1ccnc1)NCc1ccccc1. The van der Waals surface area contributed by atoms with Crippen molar-refractivity contribution >= 4 is 5.91 Å². The minimum absolute atomic E-state index is 0.170. The van der Waals surface area contributed by atoms with Crippen LogP contribution in [0.5, 0.6) is 0 Å². The van der Waals surface area contributed by atoms with Crippen LogP contribution in [-0.2, 0) is 17.9 Å². The maximum absolute atomic E-state index is 11.8. The summed E-state index contributed by atoms with van der Waals surface area (Å²) in [6.07, 6.45) is 16.2. The highest BCUT2D eigenvalue weighted by Gasteiger charge is 2.01. The highest BCUT2D eigenvalue weighted by atomic mass is 16.1. The third-order valence-electron chi connectivity index (χ3n) is 4.46. The second-order valence-electron chi connectivity index (χ2n) is 6.64. The lowest BCUT2D eigenvalue weighted by Crippen LogP contribution is -2.22. The Labute approximate surface area is 151 Å². The Morgan fingerprint density at radius 1 is 0.920 bits per heavy atom. The van der Waals surface area contributed by atoms with Gasteiger partial charge in [0.2, 0.25) is 5.91 Å². The van der Waals surface area contributed by atoms with Gasteiger partial charge in [0.15, 0.2) is 0 Å². The van der Waals surface area contributed by atoms with Crippen LogP contribution in [0.1, 0.15) is 63.4 Å². The largest absolute Gasteiger partial charge is 0.352 e. The van der Waals surface area contributed by atoms with E-state index in [0.717, 1.165) is 24.9 Å². The zero-order chi connectivity index (χ0) is 17.6. The molecule has 0 aliphatic rings. The Morgan fingerprint density at radius 2 is 1.60 bits per heavy atom. The molecule has 0 fully saturated rings. The van der Waals surface area contributed by atoms with E-state index in [9.17, 15) is 4.79 Å². The van der Waals surface area contributed by atoms with Crippen LogP contribution in [-0.4, -0.2) is 15.5 Å². The molecule has 1 N–H and O–H groups in total. The van der Waals surface area contributed by atoms with Crippen molar-refractivity contribution in [2.45, 2.75) is 70.9 Å². The molecule has 2 rings (SSSR count). The predicted octanol–water partition coefficient (Wildman–Crippen LogP) is 4.71. The Kier molecular flexibility index (Phi) is 9.45. The maximum atomic E-state index is 11.8. The molecule has 2 aromatic rings. The lowest BCUT2D eigenvalue weighted by atomic mass is 10.1. The first-order valence-electron chi connectivity index (χ1n) is 9.61. The number of nitrogens with zero attached hydrogens (tertiary/aromatic N) is 2. The van der Waals surface area contributed by atoms with Crippen molar-refractivity contribution < 1.29 is 4.79 Å². The molecular formula is C21H31N3O. The van der Waals surface area contributed by atoms with Crippen molar-refractivity contribution in [2.24, 2.45) is 0 Å². The molecule has 0 aliphatic carbocycles. The number of benzene rings is 1. The number of aryl methyl sites for hydroxylation is 1. The number of unbranched alkanes of at least 4 members (excludes halogenated alkanes) is 7. The van der Waals surface area contributed by atoms with Crippen molar-refractivity contribution in [3.63, 3.8) is 0 Å². The Morgan fingerprint density at radius 3 is 2.28 bits per heavy atom. The summed E-state index contributed by atoms with van der Waals surface area (Å²) < 4.78 is 2.14. The van der Waals surface area contributed by atoms with Gasteiger partial charge in [-0.15, -0.1) is 0 Å². The summed E-state index contributed by atoms with van der Waals surface area (Å²) in [6.45, 7) is 1.72. The molecule has 4 nitrogen and oxygen atoms in total. The van der Waals surface area contributed by atoms with Gasteiger partial charge in [-0.05, 0) is 18.4 Å². The fourth-order valence-electron chi connectivity index (χ4n) is 2.94. The second kappa shape index (κ2) is 12.3. The standard InChI is InChI=1S/C21H31N3O/c25-21(23-18-20-12-8-7-9-13-20)14-10-5-3-1-2-4-6-11-16-24-17-15-22-19-24/h7-9,12-13,15,17,19H,1-6,10-11,14,16,18H2,(H,23,25). The number of imidazole rings is 1. The third-order valence-corrected chi connectivity index (χ3v) is 4.46. The highest BCUT2D eigenvalue weighted by molar-refractivity contribution is 5.75. The molecule has 1 amide bonds. The summed E-state index contributed by atoms with van der Waals surface area (Å²) >= 11 is 0. The average molecular weight is 341 g/mol. The fraction of sp³-hybridized carbons (Fsp3) is 0.524. The number of amides is 1. The van der Waals surface area contributed by atoms with E-state index in [1.165, 1.54) is 38.5 Å². The maximum Gasteiger partial charge on any atom is 0.220 e. The molecule has 1 aromatic heterocycles. The lowest BCUT2D eigenvalue weighted by molar-refractivity contribution is -0.121. The van der Waals surface area contributed by atoms with E-state index in [-0.39, 0.29) is 5.91 Å². The number of nitrogens with one attached hydrogen (secondary N) is 1. The molecule has 0 atom stereocenters. The number of hydrogen-bond acceptors (Lipinski definition) is 2. The summed E-state index contributed by atoms with van der Waals surface area (Å²) in [4.78, 5) is 15.9. The Bertz CT molecular complexity index is 566. The summed E-state index contributed by atoms with van der Waals surface area (Å²) in [6, 6.07) is 10.1. The number of carbonyl (C=O) groups excluding carboxylic acids is 1. The zero-order valence-electron chi connectivity index (χ0n) is 15.2. The Hall–Kier alpha value is -2.10. The topological polar surface area (TPSA) is 46.9 Å². The monoisotopic (exact) mass is 341 g/mol. The number of aromatic nitrogens is 2. The van der Waals surface area contributed by atoms with Crippen LogP contribution in [0.4, 0.5) is 0 Å². The van der Waals surface area contributed by atoms with Gasteiger partial charge in [-0.1, -0.05) is 68.9 Å². The Balaban J connectivity index is 1.35. The van der Waals surface area contributed by atoms with Gasteiger partial charge < -0.3 is 9.88 Å². The van der Waals surface area contributed by atoms with Crippen molar-refractivity contribution in [3.8, 4) is 0 Å². The molecule has 1 aromatic carbocycles. The zero-order valence-corrected chi connectivity index (χ0v) is 15.2. The highest BCUT2D eigenvalue weighted by Crippen LogP contribution is 2.10.